The van der Waals surface area contributed by atoms with Crippen LogP contribution in [0, 0.1) is 0 Å². The van der Waals surface area contributed by atoms with Crippen LogP contribution < -0.4 is 5.32 Å². The number of halogens is 1. The van der Waals surface area contributed by atoms with E-state index < -0.39 is 0 Å². The molecule has 0 saturated heterocycles. The zero-order chi connectivity index (χ0) is 12.8. The standard InChI is InChI=1S/C15H11BrN2O/c16-11-2-1-3-12-14(11)19-15(18-12)10-5-4-9-6-7-17-13(9)8-10/h1-5,8,17H,6-7H2. The van der Waals surface area contributed by atoms with Gasteiger partial charge in [0.05, 0.1) is 4.47 Å². The number of rotatable bonds is 1. The van der Waals surface area contributed by atoms with Gasteiger partial charge in [0.25, 0.3) is 0 Å². The summed E-state index contributed by atoms with van der Waals surface area (Å²) in [6.07, 6.45) is 1.09. The van der Waals surface area contributed by atoms with Gasteiger partial charge in [-0.15, -0.1) is 0 Å². The molecule has 4 heteroatoms. The highest BCUT2D eigenvalue weighted by atomic mass is 79.9. The molecule has 0 saturated carbocycles. The lowest BCUT2D eigenvalue weighted by Gasteiger charge is -2.01. The zero-order valence-electron chi connectivity index (χ0n) is 10.1. The molecule has 0 amide bonds. The number of aromatic nitrogens is 1. The van der Waals surface area contributed by atoms with Crippen LogP contribution in [0.4, 0.5) is 5.69 Å². The van der Waals surface area contributed by atoms with E-state index in [4.69, 9.17) is 4.42 Å². The highest BCUT2D eigenvalue weighted by Crippen LogP contribution is 2.32. The molecule has 0 aliphatic carbocycles. The molecule has 1 aliphatic rings. The van der Waals surface area contributed by atoms with Crippen molar-refractivity contribution in [2.24, 2.45) is 0 Å². The fourth-order valence-electron chi connectivity index (χ4n) is 2.46. The maximum Gasteiger partial charge on any atom is 0.227 e. The number of nitrogens with zero attached hydrogens (tertiary/aromatic N) is 1. The zero-order valence-corrected chi connectivity index (χ0v) is 11.7. The fraction of sp³-hybridized carbons (Fsp3) is 0.133. The van der Waals surface area contributed by atoms with Crippen molar-refractivity contribution < 1.29 is 4.42 Å². The third kappa shape index (κ3) is 1.75. The van der Waals surface area contributed by atoms with Gasteiger partial charge >= 0.3 is 0 Å². The van der Waals surface area contributed by atoms with Crippen molar-refractivity contribution in [3.63, 3.8) is 0 Å². The number of fused-ring (bicyclic) bond motifs is 2. The average molecular weight is 315 g/mol. The molecule has 0 unspecified atom stereocenters. The first-order valence-corrected chi connectivity index (χ1v) is 7.03. The van der Waals surface area contributed by atoms with E-state index in [-0.39, 0.29) is 0 Å². The summed E-state index contributed by atoms with van der Waals surface area (Å²) in [7, 11) is 0. The molecule has 1 aliphatic heterocycles. The van der Waals surface area contributed by atoms with Gasteiger partial charge in [0.2, 0.25) is 5.89 Å². The molecule has 2 heterocycles. The summed E-state index contributed by atoms with van der Waals surface area (Å²) in [5.41, 5.74) is 5.24. The van der Waals surface area contributed by atoms with Crippen LogP contribution in [0.2, 0.25) is 0 Å². The predicted molar refractivity (Wildman–Crippen MR) is 79.3 cm³/mol. The maximum atomic E-state index is 5.86. The van der Waals surface area contributed by atoms with Gasteiger partial charge in [-0.3, -0.25) is 0 Å². The minimum Gasteiger partial charge on any atom is -0.435 e. The van der Waals surface area contributed by atoms with Crippen molar-refractivity contribution in [2.75, 3.05) is 11.9 Å². The second-order valence-corrected chi connectivity index (χ2v) is 5.51. The number of oxazole rings is 1. The first-order valence-electron chi connectivity index (χ1n) is 6.23. The van der Waals surface area contributed by atoms with Gasteiger partial charge in [-0.1, -0.05) is 12.1 Å². The SMILES string of the molecule is Brc1cccc2nc(-c3ccc4c(c3)NCC4)oc12. The van der Waals surface area contributed by atoms with E-state index in [1.54, 1.807) is 0 Å². The third-order valence-corrected chi connectivity index (χ3v) is 4.06. The van der Waals surface area contributed by atoms with Crippen LogP contribution >= 0.6 is 15.9 Å². The molecule has 2 aromatic carbocycles. The molecule has 0 fully saturated rings. The third-order valence-electron chi connectivity index (χ3n) is 3.43. The van der Waals surface area contributed by atoms with E-state index in [1.807, 2.05) is 18.2 Å². The van der Waals surface area contributed by atoms with Crippen molar-refractivity contribution in [1.29, 1.82) is 0 Å². The smallest absolute Gasteiger partial charge is 0.227 e. The molecule has 0 radical (unpaired) electrons. The second-order valence-electron chi connectivity index (χ2n) is 4.66. The quantitative estimate of drug-likeness (QED) is 0.730. The van der Waals surface area contributed by atoms with Gasteiger partial charge in [0.1, 0.15) is 5.52 Å². The van der Waals surface area contributed by atoms with Crippen molar-refractivity contribution in [3.05, 3.63) is 46.4 Å². The van der Waals surface area contributed by atoms with E-state index in [1.165, 1.54) is 11.3 Å². The van der Waals surface area contributed by atoms with E-state index in [0.717, 1.165) is 34.1 Å². The predicted octanol–water partition coefficient (Wildman–Crippen LogP) is 4.23. The van der Waals surface area contributed by atoms with Gasteiger partial charge < -0.3 is 9.73 Å². The first kappa shape index (κ1) is 11.1. The van der Waals surface area contributed by atoms with Gasteiger partial charge in [-0.2, -0.15) is 0 Å². The fourth-order valence-corrected chi connectivity index (χ4v) is 2.90. The summed E-state index contributed by atoms with van der Waals surface area (Å²) in [4.78, 5) is 4.54. The van der Waals surface area contributed by atoms with E-state index in [2.05, 4.69) is 44.4 Å². The van der Waals surface area contributed by atoms with Gasteiger partial charge in [-0.05, 0) is 52.2 Å². The first-order chi connectivity index (χ1) is 9.31. The lowest BCUT2D eigenvalue weighted by atomic mass is 10.1. The van der Waals surface area contributed by atoms with Gasteiger partial charge in [0, 0.05) is 17.8 Å². The highest BCUT2D eigenvalue weighted by Gasteiger charge is 2.14. The van der Waals surface area contributed by atoms with E-state index >= 15 is 0 Å². The number of para-hydroxylation sites is 1. The highest BCUT2D eigenvalue weighted by molar-refractivity contribution is 9.10. The molecule has 0 atom stereocenters. The summed E-state index contributed by atoms with van der Waals surface area (Å²) >= 11 is 3.49. The van der Waals surface area contributed by atoms with Crippen molar-refractivity contribution in [3.8, 4) is 11.5 Å². The summed E-state index contributed by atoms with van der Waals surface area (Å²) in [6, 6.07) is 12.2. The molecule has 19 heavy (non-hydrogen) atoms. The van der Waals surface area contributed by atoms with Crippen molar-refractivity contribution in [1.82, 2.24) is 4.98 Å². The Labute approximate surface area is 118 Å². The molecule has 0 bridgehead atoms. The topological polar surface area (TPSA) is 38.1 Å². The number of hydrogen-bond acceptors (Lipinski definition) is 3. The molecule has 3 aromatic rings. The van der Waals surface area contributed by atoms with E-state index in [0.29, 0.717) is 5.89 Å². The van der Waals surface area contributed by atoms with Crippen molar-refractivity contribution >= 4 is 32.7 Å². The minimum absolute atomic E-state index is 0.665. The Kier molecular flexibility index (Phi) is 2.38. The normalized spacial score (nSPS) is 13.5. The lowest BCUT2D eigenvalue weighted by Crippen LogP contribution is -1.91. The van der Waals surface area contributed by atoms with Crippen LogP contribution in [0.1, 0.15) is 5.56 Å². The van der Waals surface area contributed by atoms with Crippen LogP contribution in [-0.2, 0) is 6.42 Å². The minimum atomic E-state index is 0.665. The Morgan fingerprint density at radius 2 is 2.16 bits per heavy atom. The monoisotopic (exact) mass is 314 g/mol. The lowest BCUT2D eigenvalue weighted by molar-refractivity contribution is 0.618. The largest absolute Gasteiger partial charge is 0.435 e. The number of hydrogen-bond donors (Lipinski definition) is 1. The van der Waals surface area contributed by atoms with Crippen LogP contribution in [0.5, 0.6) is 0 Å². The second kappa shape index (κ2) is 4.10. The maximum absolute atomic E-state index is 5.86. The molecule has 4 rings (SSSR count). The van der Waals surface area contributed by atoms with Crippen LogP contribution in [0.25, 0.3) is 22.6 Å². The number of nitrogens with one attached hydrogen (secondary N) is 1. The van der Waals surface area contributed by atoms with Crippen LogP contribution in [-0.4, -0.2) is 11.5 Å². The van der Waals surface area contributed by atoms with E-state index in [9.17, 15) is 0 Å². The number of anilines is 1. The average Bonchev–Trinajstić information content (AvgIpc) is 3.04. The Balaban J connectivity index is 1.88. The Morgan fingerprint density at radius 1 is 1.21 bits per heavy atom. The summed E-state index contributed by atoms with van der Waals surface area (Å²) in [6.45, 7) is 1.01. The van der Waals surface area contributed by atoms with Gasteiger partial charge in [0.15, 0.2) is 5.58 Å². The summed E-state index contributed by atoms with van der Waals surface area (Å²) in [5.74, 6) is 0.665. The Bertz CT molecular complexity index is 779. The van der Waals surface area contributed by atoms with Crippen LogP contribution in [0.3, 0.4) is 0 Å². The molecule has 1 N–H and O–H groups in total. The van der Waals surface area contributed by atoms with Gasteiger partial charge in [-0.25, -0.2) is 4.98 Å². The molecule has 0 spiro atoms. The van der Waals surface area contributed by atoms with Crippen molar-refractivity contribution in [2.45, 2.75) is 6.42 Å². The molecular formula is C15H11BrN2O. The Hall–Kier alpha value is -1.81. The number of benzene rings is 2. The molecule has 1 aromatic heterocycles. The molecule has 94 valence electrons. The summed E-state index contributed by atoms with van der Waals surface area (Å²) in [5, 5.41) is 3.38. The summed E-state index contributed by atoms with van der Waals surface area (Å²) < 4.78 is 6.79. The Morgan fingerprint density at radius 3 is 3.05 bits per heavy atom. The van der Waals surface area contributed by atoms with Crippen LogP contribution in [0.15, 0.2) is 45.3 Å². The molecule has 3 nitrogen and oxygen atoms in total. The molecular weight excluding hydrogens is 304 g/mol.